The summed E-state index contributed by atoms with van der Waals surface area (Å²) in [6.07, 6.45) is 0.00244. The third kappa shape index (κ3) is 3.34. The summed E-state index contributed by atoms with van der Waals surface area (Å²) >= 11 is 1.16. The summed E-state index contributed by atoms with van der Waals surface area (Å²) in [5.41, 5.74) is -0.664. The van der Waals surface area contributed by atoms with Crippen LogP contribution in [0.2, 0.25) is 0 Å². The van der Waals surface area contributed by atoms with E-state index >= 15 is 0 Å². The zero-order valence-electron chi connectivity index (χ0n) is 15.1. The number of aromatic nitrogens is 1. The first kappa shape index (κ1) is 19.1. The van der Waals surface area contributed by atoms with Crippen LogP contribution in [0.4, 0.5) is 18.3 Å². The van der Waals surface area contributed by atoms with E-state index in [1.54, 1.807) is 6.07 Å². The Morgan fingerprint density at radius 3 is 2.57 bits per heavy atom. The van der Waals surface area contributed by atoms with Crippen molar-refractivity contribution in [3.8, 4) is 0 Å². The Balaban J connectivity index is 1.65. The number of nitrogens with zero attached hydrogens (tertiary/aromatic N) is 1. The third-order valence-corrected chi connectivity index (χ3v) is 6.68. The predicted octanol–water partition coefficient (Wildman–Crippen LogP) is 5.13. The van der Waals surface area contributed by atoms with Crippen molar-refractivity contribution in [2.45, 2.75) is 56.5 Å². The number of hydrogen-bond donors (Lipinski definition) is 1. The second-order valence-electron chi connectivity index (χ2n) is 7.39. The van der Waals surface area contributed by atoms with E-state index < -0.39 is 17.2 Å². The minimum Gasteiger partial charge on any atom is -0.301 e. The zero-order valence-corrected chi connectivity index (χ0v) is 15.9. The van der Waals surface area contributed by atoms with E-state index in [1.165, 1.54) is 6.07 Å². The molecule has 0 unspecified atom stereocenters. The minimum absolute atomic E-state index is 0.0349. The molecule has 1 saturated carbocycles. The van der Waals surface area contributed by atoms with E-state index in [0.29, 0.717) is 46.9 Å². The molecule has 1 aromatic heterocycles. The number of benzene rings is 1. The number of alkyl halides is 3. The van der Waals surface area contributed by atoms with Gasteiger partial charge in [0.25, 0.3) is 0 Å². The van der Waals surface area contributed by atoms with Crippen LogP contribution >= 0.6 is 11.3 Å². The summed E-state index contributed by atoms with van der Waals surface area (Å²) in [4.78, 5) is 30.2. The predicted molar refractivity (Wildman–Crippen MR) is 99.6 cm³/mol. The molecule has 28 heavy (non-hydrogen) atoms. The molecule has 4 nitrogen and oxygen atoms in total. The Bertz CT molecular complexity index is 930. The molecule has 0 radical (unpaired) electrons. The fourth-order valence-corrected chi connectivity index (χ4v) is 5.13. The molecule has 2 aliphatic rings. The molecule has 4 rings (SSSR count). The maximum Gasteiger partial charge on any atom is 0.416 e. The van der Waals surface area contributed by atoms with Crippen molar-refractivity contribution in [2.24, 2.45) is 0 Å². The van der Waals surface area contributed by atoms with Crippen LogP contribution in [0.3, 0.4) is 0 Å². The van der Waals surface area contributed by atoms with Crippen molar-refractivity contribution in [3.05, 3.63) is 46.0 Å². The average molecular weight is 408 g/mol. The first-order valence-corrected chi connectivity index (χ1v) is 10.1. The Morgan fingerprint density at radius 1 is 1.14 bits per heavy atom. The molecule has 148 valence electrons. The molecule has 1 amide bonds. The molecule has 2 aromatic rings. The van der Waals surface area contributed by atoms with Crippen molar-refractivity contribution < 1.29 is 22.8 Å². The molecule has 1 heterocycles. The first-order valence-electron chi connectivity index (χ1n) is 9.32. The van der Waals surface area contributed by atoms with Crippen molar-refractivity contribution in [3.63, 3.8) is 0 Å². The summed E-state index contributed by atoms with van der Waals surface area (Å²) in [6, 6.07) is 5.05. The molecule has 0 bridgehead atoms. The number of hydrogen-bond acceptors (Lipinski definition) is 4. The molecule has 1 N–H and O–H groups in total. The van der Waals surface area contributed by atoms with Crippen molar-refractivity contribution in [1.82, 2.24) is 4.98 Å². The fraction of sp³-hybridized carbons (Fsp3) is 0.450. The van der Waals surface area contributed by atoms with E-state index in [1.807, 2.05) is 0 Å². The van der Waals surface area contributed by atoms with Crippen LogP contribution in [0, 0.1) is 0 Å². The van der Waals surface area contributed by atoms with E-state index in [9.17, 15) is 22.8 Å². The van der Waals surface area contributed by atoms with Gasteiger partial charge < -0.3 is 5.32 Å². The Labute approximate surface area is 164 Å². The number of rotatable bonds is 3. The molecular weight excluding hydrogens is 389 g/mol. The summed E-state index contributed by atoms with van der Waals surface area (Å²) in [6.45, 7) is 0. The monoisotopic (exact) mass is 408 g/mol. The van der Waals surface area contributed by atoms with Gasteiger partial charge in [-0.25, -0.2) is 4.98 Å². The highest BCUT2D eigenvalue weighted by molar-refractivity contribution is 7.17. The van der Waals surface area contributed by atoms with Crippen LogP contribution in [0.15, 0.2) is 24.3 Å². The topological polar surface area (TPSA) is 59.1 Å². The van der Waals surface area contributed by atoms with E-state index in [-0.39, 0.29) is 11.7 Å². The molecule has 1 fully saturated rings. The number of thiazole rings is 1. The number of aryl methyl sites for hydroxylation is 1. The van der Waals surface area contributed by atoms with Gasteiger partial charge in [0, 0.05) is 6.42 Å². The van der Waals surface area contributed by atoms with Crippen molar-refractivity contribution in [2.75, 3.05) is 5.32 Å². The standard InChI is InChI=1S/C20H19F3N2O2S/c21-20(22,23)13-6-3-5-12(11-13)19(9-1-2-10-19)17(27)25-18-24-14-7-4-8-15(26)16(14)28-18/h3,5-6,11H,1-2,4,7-10H2,(H,24,25,27). The molecule has 2 aliphatic carbocycles. The van der Waals surface area contributed by atoms with Gasteiger partial charge in [-0.15, -0.1) is 0 Å². The lowest BCUT2D eigenvalue weighted by Gasteiger charge is -2.28. The molecule has 0 spiro atoms. The highest BCUT2D eigenvalue weighted by Gasteiger charge is 2.44. The number of nitrogens with one attached hydrogen (secondary N) is 1. The van der Waals surface area contributed by atoms with Crippen LogP contribution in [-0.4, -0.2) is 16.7 Å². The van der Waals surface area contributed by atoms with E-state index in [2.05, 4.69) is 10.3 Å². The van der Waals surface area contributed by atoms with Crippen LogP contribution < -0.4 is 5.32 Å². The fourth-order valence-electron chi connectivity index (χ4n) is 4.16. The number of Topliss-reactive ketones (excluding diaryl/α,β-unsaturated/α-hetero) is 1. The van der Waals surface area contributed by atoms with Gasteiger partial charge in [0.2, 0.25) is 5.91 Å². The molecule has 0 saturated heterocycles. The van der Waals surface area contributed by atoms with Gasteiger partial charge in [0.15, 0.2) is 10.9 Å². The molecule has 0 aliphatic heterocycles. The highest BCUT2D eigenvalue weighted by atomic mass is 32.1. The average Bonchev–Trinajstić information content (AvgIpc) is 3.29. The normalized spacial score (nSPS) is 18.8. The maximum atomic E-state index is 13.2. The molecule has 8 heteroatoms. The summed E-state index contributed by atoms with van der Waals surface area (Å²) in [5.74, 6) is -0.310. The lowest BCUT2D eigenvalue weighted by molar-refractivity contribution is -0.137. The number of fused-ring (bicyclic) bond motifs is 1. The second kappa shape index (κ2) is 6.99. The van der Waals surface area contributed by atoms with Gasteiger partial charge in [-0.1, -0.05) is 42.4 Å². The number of carbonyl (C=O) groups is 2. The van der Waals surface area contributed by atoms with Crippen molar-refractivity contribution in [1.29, 1.82) is 0 Å². The highest BCUT2D eigenvalue weighted by Crippen LogP contribution is 2.44. The third-order valence-electron chi connectivity index (χ3n) is 5.62. The quantitative estimate of drug-likeness (QED) is 0.766. The molecular formula is C20H19F3N2O2S. The number of carbonyl (C=O) groups excluding carboxylic acids is 2. The van der Waals surface area contributed by atoms with Gasteiger partial charge in [0.1, 0.15) is 0 Å². The lowest BCUT2D eigenvalue weighted by Crippen LogP contribution is -2.38. The van der Waals surface area contributed by atoms with Crippen LogP contribution in [0.1, 0.15) is 65.0 Å². The van der Waals surface area contributed by atoms with Gasteiger partial charge >= 0.3 is 6.18 Å². The van der Waals surface area contributed by atoms with Crippen LogP contribution in [-0.2, 0) is 22.8 Å². The second-order valence-corrected chi connectivity index (χ2v) is 8.39. The number of amides is 1. The summed E-state index contributed by atoms with van der Waals surface area (Å²) in [7, 11) is 0. The van der Waals surface area contributed by atoms with Gasteiger partial charge in [0.05, 0.1) is 21.5 Å². The lowest BCUT2D eigenvalue weighted by atomic mass is 9.77. The number of halogens is 3. The maximum absolute atomic E-state index is 13.2. The van der Waals surface area contributed by atoms with Crippen molar-refractivity contribution >= 4 is 28.2 Å². The van der Waals surface area contributed by atoms with Gasteiger partial charge in [-0.3, -0.25) is 9.59 Å². The Hall–Kier alpha value is -2.22. The number of anilines is 1. The largest absolute Gasteiger partial charge is 0.416 e. The SMILES string of the molecule is O=C1CCCc2nc(NC(=O)C3(c4cccc(C(F)(F)F)c4)CCCC3)sc21. The zero-order chi connectivity index (χ0) is 19.9. The van der Waals surface area contributed by atoms with Crippen LogP contribution in [0.25, 0.3) is 0 Å². The number of ketones is 1. The molecule has 1 aromatic carbocycles. The van der Waals surface area contributed by atoms with Crippen LogP contribution in [0.5, 0.6) is 0 Å². The van der Waals surface area contributed by atoms with Gasteiger partial charge in [-0.05, 0) is 37.3 Å². The minimum atomic E-state index is -4.46. The smallest absolute Gasteiger partial charge is 0.301 e. The Morgan fingerprint density at radius 2 is 1.89 bits per heavy atom. The Kier molecular flexibility index (Phi) is 4.77. The van der Waals surface area contributed by atoms with E-state index in [4.69, 9.17) is 0 Å². The van der Waals surface area contributed by atoms with Gasteiger partial charge in [-0.2, -0.15) is 13.2 Å². The molecule has 0 atom stereocenters. The first-order chi connectivity index (χ1) is 13.3. The van der Waals surface area contributed by atoms with E-state index in [0.717, 1.165) is 42.7 Å². The summed E-state index contributed by atoms with van der Waals surface area (Å²) in [5, 5.41) is 3.14. The summed E-state index contributed by atoms with van der Waals surface area (Å²) < 4.78 is 39.5.